The third kappa shape index (κ3) is 4.39. The van der Waals surface area contributed by atoms with Crippen molar-refractivity contribution in [2.45, 2.75) is 19.9 Å². The molecule has 1 heterocycles. The Kier molecular flexibility index (Phi) is 6.65. The molecule has 3 aromatic rings. The van der Waals surface area contributed by atoms with E-state index in [1.54, 1.807) is 55.5 Å². The van der Waals surface area contributed by atoms with E-state index in [9.17, 15) is 19.5 Å². The van der Waals surface area contributed by atoms with Gasteiger partial charge in [-0.1, -0.05) is 57.9 Å². The van der Waals surface area contributed by atoms with Gasteiger partial charge in [-0.05, 0) is 55.8 Å². The van der Waals surface area contributed by atoms with Gasteiger partial charge in [0.2, 0.25) is 0 Å². The molecule has 34 heavy (non-hydrogen) atoms. The Morgan fingerprint density at radius 1 is 1.00 bits per heavy atom. The second kappa shape index (κ2) is 9.65. The van der Waals surface area contributed by atoms with Crippen molar-refractivity contribution in [1.82, 2.24) is 0 Å². The Hall–Kier alpha value is -3.71. The van der Waals surface area contributed by atoms with E-state index in [4.69, 9.17) is 4.74 Å². The summed E-state index contributed by atoms with van der Waals surface area (Å²) in [7, 11) is 0. The lowest BCUT2D eigenvalue weighted by Crippen LogP contribution is -2.29. The lowest BCUT2D eigenvalue weighted by molar-refractivity contribution is -0.132. The molecule has 0 bridgehead atoms. The molecule has 0 radical (unpaired) electrons. The lowest BCUT2D eigenvalue weighted by atomic mass is 9.94. The maximum atomic E-state index is 13.2. The van der Waals surface area contributed by atoms with Crippen molar-refractivity contribution in [1.29, 1.82) is 0 Å². The van der Waals surface area contributed by atoms with Crippen LogP contribution in [0.15, 0.2) is 82.8 Å². The molecule has 0 aromatic heterocycles. The van der Waals surface area contributed by atoms with Crippen molar-refractivity contribution in [2.75, 3.05) is 11.5 Å². The van der Waals surface area contributed by atoms with Crippen molar-refractivity contribution in [3.05, 3.63) is 105 Å². The first-order chi connectivity index (χ1) is 16.3. The minimum absolute atomic E-state index is 0.00684. The van der Waals surface area contributed by atoms with Gasteiger partial charge in [0, 0.05) is 15.7 Å². The first-order valence-corrected chi connectivity index (χ1v) is 11.5. The minimum atomic E-state index is -0.836. The average molecular weight is 520 g/mol. The molecule has 1 amide bonds. The summed E-state index contributed by atoms with van der Waals surface area (Å²) in [6.07, 6.45) is 0. The average Bonchev–Trinajstić information content (AvgIpc) is 3.10. The first kappa shape index (κ1) is 23.4. The molecule has 1 N–H and O–H groups in total. The van der Waals surface area contributed by atoms with E-state index in [0.29, 0.717) is 22.4 Å². The zero-order valence-corrected chi connectivity index (χ0v) is 20.2. The van der Waals surface area contributed by atoms with Crippen LogP contribution in [0.1, 0.15) is 40.0 Å². The molecule has 1 saturated heterocycles. The molecule has 1 atom stereocenters. The third-order valence-electron chi connectivity index (χ3n) is 5.58. The molecule has 6 nitrogen and oxygen atoms in total. The zero-order chi connectivity index (χ0) is 24.4. The van der Waals surface area contributed by atoms with Crippen LogP contribution >= 0.6 is 15.9 Å². The van der Waals surface area contributed by atoms with Gasteiger partial charge < -0.3 is 9.84 Å². The monoisotopic (exact) mass is 519 g/mol. The molecule has 172 valence electrons. The van der Waals surface area contributed by atoms with Crippen LogP contribution in [0, 0.1) is 6.92 Å². The van der Waals surface area contributed by atoms with Gasteiger partial charge in [0.05, 0.1) is 23.8 Å². The number of Topliss-reactive ketones (excluding diaryl/α,β-unsaturated/α-hetero) is 1. The number of ketones is 1. The van der Waals surface area contributed by atoms with Crippen LogP contribution in [-0.4, -0.2) is 29.4 Å². The summed E-state index contributed by atoms with van der Waals surface area (Å²) in [5.41, 5.74) is 2.83. The Labute approximate surface area is 205 Å². The molecule has 1 aliphatic heterocycles. The van der Waals surface area contributed by atoms with Crippen LogP contribution in [0.4, 0.5) is 5.69 Å². The molecular formula is C27H22BrNO5. The third-order valence-corrected chi connectivity index (χ3v) is 6.11. The fraction of sp³-hybridized carbons (Fsp3) is 0.148. The number of aryl methyl sites for hydroxylation is 1. The summed E-state index contributed by atoms with van der Waals surface area (Å²) in [6, 6.07) is 19.8. The van der Waals surface area contributed by atoms with E-state index < -0.39 is 23.7 Å². The molecule has 3 aromatic carbocycles. The second-order valence-electron chi connectivity index (χ2n) is 7.86. The Morgan fingerprint density at radius 3 is 2.26 bits per heavy atom. The number of hydrogen-bond donors (Lipinski definition) is 1. The molecular weight excluding hydrogens is 498 g/mol. The zero-order valence-electron chi connectivity index (χ0n) is 18.6. The second-order valence-corrected chi connectivity index (χ2v) is 8.77. The number of amides is 1. The van der Waals surface area contributed by atoms with Crippen molar-refractivity contribution >= 4 is 45.0 Å². The number of aliphatic hydroxyl groups is 1. The normalized spacial score (nSPS) is 17.1. The number of nitrogens with zero attached hydrogens (tertiary/aromatic N) is 1. The molecule has 0 spiro atoms. The summed E-state index contributed by atoms with van der Waals surface area (Å²) in [5.74, 6) is -2.25. The van der Waals surface area contributed by atoms with Crippen molar-refractivity contribution in [3.8, 4) is 0 Å². The number of halogens is 1. The molecule has 1 aliphatic rings. The van der Waals surface area contributed by atoms with Crippen LogP contribution in [0.25, 0.3) is 5.76 Å². The molecule has 0 aliphatic carbocycles. The molecule has 0 saturated carbocycles. The highest BCUT2D eigenvalue weighted by Gasteiger charge is 2.47. The Balaban J connectivity index is 1.86. The molecule has 7 heteroatoms. The van der Waals surface area contributed by atoms with Gasteiger partial charge >= 0.3 is 5.97 Å². The molecule has 1 unspecified atom stereocenters. The van der Waals surface area contributed by atoms with Crippen molar-refractivity contribution in [2.24, 2.45) is 0 Å². The van der Waals surface area contributed by atoms with Crippen LogP contribution in [0.3, 0.4) is 0 Å². The van der Waals surface area contributed by atoms with E-state index in [1.807, 2.05) is 31.2 Å². The quantitative estimate of drug-likeness (QED) is 0.206. The van der Waals surface area contributed by atoms with Gasteiger partial charge in [0.15, 0.2) is 0 Å². The maximum Gasteiger partial charge on any atom is 0.338 e. The lowest BCUT2D eigenvalue weighted by Gasteiger charge is -2.26. The van der Waals surface area contributed by atoms with E-state index >= 15 is 0 Å². The number of carbonyl (C=O) groups is 3. The van der Waals surface area contributed by atoms with Crippen LogP contribution in [0.2, 0.25) is 0 Å². The Morgan fingerprint density at radius 2 is 1.65 bits per heavy atom. The number of ether oxygens (including phenoxy) is 1. The topological polar surface area (TPSA) is 83.9 Å². The summed E-state index contributed by atoms with van der Waals surface area (Å²) in [5, 5.41) is 11.1. The number of hydrogen-bond acceptors (Lipinski definition) is 5. The largest absolute Gasteiger partial charge is 0.507 e. The molecule has 4 rings (SSSR count). The maximum absolute atomic E-state index is 13.2. The Bertz CT molecular complexity index is 1300. The fourth-order valence-electron chi connectivity index (χ4n) is 3.99. The number of anilines is 1. The van der Waals surface area contributed by atoms with Gasteiger partial charge in [0.1, 0.15) is 5.76 Å². The standard InChI is InChI=1S/C27H22BrNO5/c1-3-34-27(33)18-9-13-21(14-10-18)29-23(19-6-4-5-16(2)15-19)22(25(31)26(29)32)24(30)17-7-11-20(28)12-8-17/h4-15,23,30H,3H2,1-2H3/b24-22+. The predicted molar refractivity (Wildman–Crippen MR) is 133 cm³/mol. The van der Waals surface area contributed by atoms with Crippen LogP contribution in [0.5, 0.6) is 0 Å². The SMILES string of the molecule is CCOC(=O)c1ccc(N2C(=O)C(=O)/C(=C(/O)c3ccc(Br)cc3)C2c2cccc(C)c2)cc1. The first-order valence-electron chi connectivity index (χ1n) is 10.7. The van der Waals surface area contributed by atoms with E-state index in [0.717, 1.165) is 10.0 Å². The number of rotatable bonds is 5. The van der Waals surface area contributed by atoms with E-state index in [-0.39, 0.29) is 17.9 Å². The van der Waals surface area contributed by atoms with Crippen molar-refractivity contribution in [3.63, 3.8) is 0 Å². The summed E-state index contributed by atoms with van der Waals surface area (Å²) < 4.78 is 5.84. The minimum Gasteiger partial charge on any atom is -0.507 e. The summed E-state index contributed by atoms with van der Waals surface area (Å²) >= 11 is 3.36. The smallest absolute Gasteiger partial charge is 0.338 e. The summed E-state index contributed by atoms with van der Waals surface area (Å²) in [6.45, 7) is 3.89. The van der Waals surface area contributed by atoms with Gasteiger partial charge in [-0.15, -0.1) is 0 Å². The fourth-order valence-corrected chi connectivity index (χ4v) is 4.25. The van der Waals surface area contributed by atoms with E-state index in [2.05, 4.69) is 15.9 Å². The number of carbonyl (C=O) groups excluding carboxylic acids is 3. The van der Waals surface area contributed by atoms with Gasteiger partial charge in [0.25, 0.3) is 11.7 Å². The van der Waals surface area contributed by atoms with E-state index in [1.165, 1.54) is 4.90 Å². The van der Waals surface area contributed by atoms with Gasteiger partial charge in [-0.3, -0.25) is 14.5 Å². The highest BCUT2D eigenvalue weighted by Crippen LogP contribution is 2.42. The highest BCUT2D eigenvalue weighted by atomic mass is 79.9. The van der Waals surface area contributed by atoms with Crippen LogP contribution < -0.4 is 4.90 Å². The summed E-state index contributed by atoms with van der Waals surface area (Å²) in [4.78, 5) is 39.8. The highest BCUT2D eigenvalue weighted by molar-refractivity contribution is 9.10. The molecule has 1 fully saturated rings. The number of esters is 1. The van der Waals surface area contributed by atoms with Gasteiger partial charge in [-0.2, -0.15) is 0 Å². The van der Waals surface area contributed by atoms with Crippen LogP contribution in [-0.2, 0) is 14.3 Å². The predicted octanol–water partition coefficient (Wildman–Crippen LogP) is 5.56. The number of aliphatic hydroxyl groups excluding tert-OH is 1. The van der Waals surface area contributed by atoms with Crippen molar-refractivity contribution < 1.29 is 24.2 Å². The number of benzene rings is 3. The van der Waals surface area contributed by atoms with Gasteiger partial charge in [-0.25, -0.2) is 4.79 Å².